The molecule has 0 saturated heterocycles. The molecule has 24 heavy (non-hydrogen) atoms. The Kier molecular flexibility index (Phi) is 4.73. The van der Waals surface area contributed by atoms with Crippen molar-refractivity contribution < 1.29 is 9.90 Å². The van der Waals surface area contributed by atoms with Crippen LogP contribution >= 0.6 is 22.9 Å². The lowest BCUT2D eigenvalue weighted by Crippen LogP contribution is -2.31. The molecule has 3 rings (SSSR count). The van der Waals surface area contributed by atoms with Crippen LogP contribution in [-0.4, -0.2) is 33.3 Å². The van der Waals surface area contributed by atoms with Crippen molar-refractivity contribution in [2.24, 2.45) is 5.41 Å². The van der Waals surface area contributed by atoms with Gasteiger partial charge in [0, 0.05) is 24.8 Å². The van der Waals surface area contributed by atoms with Crippen LogP contribution in [-0.2, 0) is 4.79 Å². The van der Waals surface area contributed by atoms with Crippen molar-refractivity contribution in [1.29, 1.82) is 0 Å². The summed E-state index contributed by atoms with van der Waals surface area (Å²) in [5, 5.41) is 23.3. The number of halogens is 1. The van der Waals surface area contributed by atoms with Crippen molar-refractivity contribution in [3.63, 3.8) is 0 Å². The minimum atomic E-state index is -0.704. The average molecular weight is 367 g/mol. The number of rotatable bonds is 4. The van der Waals surface area contributed by atoms with Gasteiger partial charge in [-0.3, -0.25) is 4.79 Å². The summed E-state index contributed by atoms with van der Waals surface area (Å²) in [6.07, 6.45) is 4.70. The number of nitrogens with one attached hydrogen (secondary N) is 1. The first-order valence-corrected chi connectivity index (χ1v) is 9.03. The van der Waals surface area contributed by atoms with Gasteiger partial charge in [0.15, 0.2) is 5.01 Å². The van der Waals surface area contributed by atoms with Crippen LogP contribution in [0.4, 0.5) is 5.69 Å². The normalized spacial score (nSPS) is 23.9. The number of carboxylic acid groups (broad SMARTS) is 1. The molecule has 1 aliphatic carbocycles. The van der Waals surface area contributed by atoms with Crippen LogP contribution in [0.25, 0.3) is 10.6 Å². The Morgan fingerprint density at radius 1 is 1.42 bits per heavy atom. The number of carboxylic acids is 1. The van der Waals surface area contributed by atoms with E-state index in [-0.39, 0.29) is 5.92 Å². The van der Waals surface area contributed by atoms with Crippen LogP contribution < -0.4 is 5.32 Å². The maximum absolute atomic E-state index is 11.4. The van der Waals surface area contributed by atoms with E-state index in [0.717, 1.165) is 34.1 Å². The number of aromatic nitrogens is 3. The van der Waals surface area contributed by atoms with Gasteiger partial charge in [-0.05, 0) is 38.7 Å². The van der Waals surface area contributed by atoms with E-state index in [1.807, 2.05) is 14.0 Å². The highest BCUT2D eigenvalue weighted by Crippen LogP contribution is 2.44. The topological polar surface area (TPSA) is 88.0 Å². The fraction of sp³-hybridized carbons (Fsp3) is 0.500. The van der Waals surface area contributed by atoms with Gasteiger partial charge in [-0.2, -0.15) is 0 Å². The molecule has 8 heteroatoms. The second kappa shape index (κ2) is 6.64. The Bertz CT molecular complexity index is 756. The number of pyridine rings is 1. The lowest BCUT2D eigenvalue weighted by Gasteiger charge is -2.32. The fourth-order valence-corrected chi connectivity index (χ4v) is 4.23. The molecule has 0 amide bonds. The third-order valence-electron chi connectivity index (χ3n) is 4.77. The van der Waals surface area contributed by atoms with Gasteiger partial charge >= 0.3 is 5.97 Å². The molecule has 0 spiro atoms. The summed E-state index contributed by atoms with van der Waals surface area (Å²) >= 11 is 7.47. The Balaban J connectivity index is 1.79. The molecule has 1 fully saturated rings. The van der Waals surface area contributed by atoms with E-state index in [2.05, 4.69) is 20.5 Å². The molecular formula is C16H19ClN4O2S. The highest BCUT2D eigenvalue weighted by atomic mass is 35.5. The van der Waals surface area contributed by atoms with E-state index in [1.165, 1.54) is 0 Å². The molecule has 1 aliphatic rings. The van der Waals surface area contributed by atoms with Crippen LogP contribution in [0.15, 0.2) is 12.3 Å². The minimum absolute atomic E-state index is 0.280. The SMILES string of the molecule is CNc1cc(Cl)ncc1-c1nnc(C2CCC(C)(C(=O)O)CC2)s1. The molecule has 0 aromatic carbocycles. The van der Waals surface area contributed by atoms with Gasteiger partial charge < -0.3 is 10.4 Å². The summed E-state index contributed by atoms with van der Waals surface area (Å²) in [5.74, 6) is -0.424. The Morgan fingerprint density at radius 2 is 2.12 bits per heavy atom. The molecule has 2 heterocycles. The average Bonchev–Trinajstić information content (AvgIpc) is 3.05. The number of nitrogens with zero attached hydrogens (tertiary/aromatic N) is 3. The first kappa shape index (κ1) is 17.1. The molecule has 6 nitrogen and oxygen atoms in total. The third kappa shape index (κ3) is 3.23. The largest absolute Gasteiger partial charge is 0.481 e. The zero-order valence-corrected chi connectivity index (χ0v) is 15.1. The van der Waals surface area contributed by atoms with Crippen molar-refractivity contribution in [3.8, 4) is 10.6 Å². The van der Waals surface area contributed by atoms with Crippen LogP contribution in [0.1, 0.15) is 43.5 Å². The zero-order valence-electron chi connectivity index (χ0n) is 13.5. The smallest absolute Gasteiger partial charge is 0.309 e. The maximum atomic E-state index is 11.4. The van der Waals surface area contributed by atoms with Crippen molar-refractivity contribution >= 4 is 34.6 Å². The van der Waals surface area contributed by atoms with Gasteiger partial charge in [-0.15, -0.1) is 10.2 Å². The van der Waals surface area contributed by atoms with Gasteiger partial charge in [0.05, 0.1) is 11.0 Å². The van der Waals surface area contributed by atoms with Crippen LogP contribution in [0, 0.1) is 5.41 Å². The Hall–Kier alpha value is -1.73. The van der Waals surface area contributed by atoms with Crippen molar-refractivity contribution in [1.82, 2.24) is 15.2 Å². The zero-order chi connectivity index (χ0) is 17.3. The molecule has 0 bridgehead atoms. The van der Waals surface area contributed by atoms with E-state index in [1.54, 1.807) is 23.6 Å². The third-order valence-corrected chi connectivity index (χ3v) is 6.09. The summed E-state index contributed by atoms with van der Waals surface area (Å²) in [6, 6.07) is 1.76. The van der Waals surface area contributed by atoms with Crippen molar-refractivity contribution in [3.05, 3.63) is 22.4 Å². The first-order chi connectivity index (χ1) is 11.4. The number of anilines is 1. The van der Waals surface area contributed by atoms with Gasteiger partial charge in [-0.1, -0.05) is 22.9 Å². The predicted molar refractivity (Wildman–Crippen MR) is 94.6 cm³/mol. The molecular weight excluding hydrogens is 348 g/mol. The maximum Gasteiger partial charge on any atom is 0.309 e. The molecule has 1 saturated carbocycles. The van der Waals surface area contributed by atoms with Crippen molar-refractivity contribution in [2.75, 3.05) is 12.4 Å². The van der Waals surface area contributed by atoms with Crippen LogP contribution in [0.3, 0.4) is 0 Å². The van der Waals surface area contributed by atoms with E-state index < -0.39 is 11.4 Å². The highest BCUT2D eigenvalue weighted by Gasteiger charge is 2.38. The van der Waals surface area contributed by atoms with Crippen LogP contribution in [0.5, 0.6) is 0 Å². The molecule has 128 valence electrons. The monoisotopic (exact) mass is 366 g/mol. The van der Waals surface area contributed by atoms with Crippen LogP contribution in [0.2, 0.25) is 5.15 Å². The number of carbonyl (C=O) groups is 1. The van der Waals surface area contributed by atoms with E-state index in [9.17, 15) is 9.90 Å². The summed E-state index contributed by atoms with van der Waals surface area (Å²) in [4.78, 5) is 15.5. The Morgan fingerprint density at radius 3 is 2.75 bits per heavy atom. The van der Waals surface area contributed by atoms with Gasteiger partial charge in [0.2, 0.25) is 0 Å². The quantitative estimate of drug-likeness (QED) is 0.794. The summed E-state index contributed by atoms with van der Waals surface area (Å²) in [5.41, 5.74) is 1.13. The number of hydrogen-bond donors (Lipinski definition) is 2. The standard InChI is InChI=1S/C16H19ClN4O2S/c1-16(15(22)23)5-3-9(4-6-16)13-20-21-14(24-13)10-8-19-12(17)7-11(10)18-2/h7-9H,3-6H2,1-2H3,(H,18,19)(H,22,23). The second-order valence-electron chi connectivity index (χ2n) is 6.39. The van der Waals surface area contributed by atoms with Gasteiger partial charge in [-0.25, -0.2) is 4.98 Å². The molecule has 2 aromatic rings. The van der Waals surface area contributed by atoms with E-state index in [4.69, 9.17) is 11.6 Å². The lowest BCUT2D eigenvalue weighted by molar-refractivity contribution is -0.149. The lowest BCUT2D eigenvalue weighted by atomic mass is 9.72. The molecule has 0 unspecified atom stereocenters. The summed E-state index contributed by atoms with van der Waals surface area (Å²) in [6.45, 7) is 1.83. The Labute approximate surface area is 149 Å². The number of hydrogen-bond acceptors (Lipinski definition) is 6. The molecule has 0 atom stereocenters. The minimum Gasteiger partial charge on any atom is -0.481 e. The molecule has 0 aliphatic heterocycles. The van der Waals surface area contributed by atoms with Gasteiger partial charge in [0.25, 0.3) is 0 Å². The fourth-order valence-electron chi connectivity index (χ4n) is 3.03. The number of aliphatic carboxylic acids is 1. The first-order valence-electron chi connectivity index (χ1n) is 7.83. The molecule has 0 radical (unpaired) electrons. The van der Waals surface area contributed by atoms with Gasteiger partial charge in [0.1, 0.15) is 10.2 Å². The predicted octanol–water partition coefficient (Wildman–Crippen LogP) is 4.04. The van der Waals surface area contributed by atoms with Crippen molar-refractivity contribution in [2.45, 2.75) is 38.5 Å². The molecule has 2 aromatic heterocycles. The second-order valence-corrected chi connectivity index (χ2v) is 7.78. The summed E-state index contributed by atoms with van der Waals surface area (Å²) in [7, 11) is 1.82. The molecule has 2 N–H and O–H groups in total. The van der Waals surface area contributed by atoms with E-state index >= 15 is 0 Å². The highest BCUT2D eigenvalue weighted by molar-refractivity contribution is 7.14. The summed E-state index contributed by atoms with van der Waals surface area (Å²) < 4.78 is 0. The van der Waals surface area contributed by atoms with E-state index in [0.29, 0.717) is 18.0 Å².